The maximum absolute atomic E-state index is 13.0. The fourth-order valence-corrected chi connectivity index (χ4v) is 5.41. The summed E-state index contributed by atoms with van der Waals surface area (Å²) in [6.07, 6.45) is 2.80. The summed E-state index contributed by atoms with van der Waals surface area (Å²) in [4.78, 5) is 29.6. The first-order valence-corrected chi connectivity index (χ1v) is 11.8. The number of benzene rings is 2. The molecule has 1 atom stereocenters. The summed E-state index contributed by atoms with van der Waals surface area (Å²) in [6, 6.07) is 11.3. The van der Waals surface area contributed by atoms with Gasteiger partial charge in [0.05, 0.1) is 18.6 Å². The third-order valence-corrected chi connectivity index (χ3v) is 7.56. The normalized spacial score (nSPS) is 21.3. The largest absolute Gasteiger partial charge is 0.496 e. The Morgan fingerprint density at radius 2 is 1.91 bits per heavy atom. The van der Waals surface area contributed by atoms with E-state index in [2.05, 4.69) is 38.8 Å². The molecule has 0 aliphatic carbocycles. The molecule has 2 aromatic carbocycles. The van der Waals surface area contributed by atoms with Crippen molar-refractivity contribution in [1.82, 2.24) is 4.90 Å². The van der Waals surface area contributed by atoms with Crippen LogP contribution >= 0.6 is 23.4 Å². The molecule has 0 saturated carbocycles. The number of carbonyl (C=O) groups excluding carboxylic acids is 2. The van der Waals surface area contributed by atoms with E-state index in [1.54, 1.807) is 25.3 Å². The molecular formula is C25H27ClN2O3S. The number of amides is 2. The lowest BCUT2D eigenvalue weighted by Crippen LogP contribution is -2.45. The number of carbonyl (C=O) groups is 2. The predicted octanol–water partition coefficient (Wildman–Crippen LogP) is 6.31. The van der Waals surface area contributed by atoms with Crippen LogP contribution in [0.25, 0.3) is 6.08 Å². The van der Waals surface area contributed by atoms with Crippen molar-refractivity contribution in [2.45, 2.75) is 45.2 Å². The Morgan fingerprint density at radius 3 is 2.56 bits per heavy atom. The number of ether oxygens (including phenoxy) is 1. The van der Waals surface area contributed by atoms with Crippen LogP contribution in [0.15, 0.2) is 41.3 Å². The van der Waals surface area contributed by atoms with Crippen LogP contribution in [0, 0.1) is 0 Å². The first kappa shape index (κ1) is 22.7. The van der Waals surface area contributed by atoms with E-state index >= 15 is 0 Å². The molecule has 0 bridgehead atoms. The van der Waals surface area contributed by atoms with Gasteiger partial charge in [-0.1, -0.05) is 30.7 Å². The molecule has 1 fully saturated rings. The third-order valence-electron chi connectivity index (χ3n) is 6.40. The van der Waals surface area contributed by atoms with Crippen LogP contribution < -0.4 is 9.64 Å². The fourth-order valence-electron chi connectivity index (χ4n) is 4.45. The summed E-state index contributed by atoms with van der Waals surface area (Å²) < 4.78 is 5.67. The summed E-state index contributed by atoms with van der Waals surface area (Å²) >= 11 is 6.90. The molecule has 32 heavy (non-hydrogen) atoms. The van der Waals surface area contributed by atoms with Crippen LogP contribution in [-0.4, -0.2) is 35.7 Å². The van der Waals surface area contributed by atoms with Gasteiger partial charge in [-0.2, -0.15) is 0 Å². The predicted molar refractivity (Wildman–Crippen MR) is 131 cm³/mol. The molecule has 2 aromatic rings. The molecule has 0 N–H and O–H groups in total. The van der Waals surface area contributed by atoms with E-state index in [0.717, 1.165) is 35.0 Å². The maximum Gasteiger partial charge on any atom is 0.293 e. The average Bonchev–Trinajstić information content (AvgIpc) is 3.00. The first-order chi connectivity index (χ1) is 15.1. The zero-order valence-corrected chi connectivity index (χ0v) is 20.5. The zero-order valence-electron chi connectivity index (χ0n) is 18.9. The van der Waals surface area contributed by atoms with Crippen LogP contribution in [0.2, 0.25) is 5.02 Å². The second kappa shape index (κ2) is 8.49. The maximum atomic E-state index is 13.0. The number of imide groups is 1. The smallest absolute Gasteiger partial charge is 0.293 e. The summed E-state index contributed by atoms with van der Waals surface area (Å²) in [5.74, 6) is 0.764. The lowest BCUT2D eigenvalue weighted by atomic mass is 9.80. The molecule has 2 amide bonds. The highest BCUT2D eigenvalue weighted by atomic mass is 35.5. The van der Waals surface area contributed by atoms with Crippen LogP contribution in [0.5, 0.6) is 5.75 Å². The van der Waals surface area contributed by atoms with Crippen LogP contribution in [0.1, 0.15) is 49.8 Å². The molecule has 7 heteroatoms. The van der Waals surface area contributed by atoms with E-state index in [0.29, 0.717) is 21.6 Å². The number of nitrogens with zero attached hydrogens (tertiary/aromatic N) is 2. The minimum atomic E-state index is -0.291. The van der Waals surface area contributed by atoms with Gasteiger partial charge in [0.2, 0.25) is 0 Å². The van der Waals surface area contributed by atoms with Crippen LogP contribution in [0.4, 0.5) is 10.5 Å². The number of halogens is 1. The average molecular weight is 471 g/mol. The fraction of sp³-hybridized carbons (Fsp3) is 0.360. The number of thioether (sulfide) groups is 1. The van der Waals surface area contributed by atoms with Gasteiger partial charge in [0.15, 0.2) is 0 Å². The first-order valence-electron chi connectivity index (χ1n) is 10.6. The van der Waals surface area contributed by atoms with Crippen molar-refractivity contribution in [3.8, 4) is 5.75 Å². The molecule has 4 rings (SSSR count). The van der Waals surface area contributed by atoms with Gasteiger partial charge in [-0.05, 0) is 73.4 Å². The number of hydrogen-bond donors (Lipinski definition) is 0. The van der Waals surface area contributed by atoms with Gasteiger partial charge in [0.1, 0.15) is 5.75 Å². The highest BCUT2D eigenvalue weighted by Crippen LogP contribution is 2.46. The highest BCUT2D eigenvalue weighted by molar-refractivity contribution is 8.18. The van der Waals surface area contributed by atoms with Gasteiger partial charge in [-0.3, -0.25) is 14.5 Å². The van der Waals surface area contributed by atoms with E-state index in [9.17, 15) is 9.59 Å². The topological polar surface area (TPSA) is 49.9 Å². The number of anilines is 1. The Kier molecular flexibility index (Phi) is 6.03. The standard InChI is InChI=1S/C25H27ClN2O3S/c1-15-13-25(2,3)27(4)20-12-21(31-5)17(10-19(15)20)11-22-23(29)28(24(30)32-22)14-16-6-8-18(26)9-7-16/h6-12,15H,13-14H2,1-5H3/b22-11+. The molecule has 1 unspecified atom stereocenters. The Hall–Kier alpha value is -2.44. The number of fused-ring (bicyclic) bond motifs is 1. The van der Waals surface area contributed by atoms with Gasteiger partial charge < -0.3 is 9.64 Å². The van der Waals surface area contributed by atoms with Crippen molar-refractivity contribution in [3.63, 3.8) is 0 Å². The van der Waals surface area contributed by atoms with Crippen molar-refractivity contribution in [1.29, 1.82) is 0 Å². The molecule has 1 saturated heterocycles. The molecule has 2 aliphatic heterocycles. The zero-order chi connectivity index (χ0) is 23.2. The molecule has 0 spiro atoms. The van der Waals surface area contributed by atoms with Gasteiger partial charge in [0, 0.05) is 34.9 Å². The van der Waals surface area contributed by atoms with Crippen molar-refractivity contribution in [3.05, 3.63) is 63.0 Å². The monoisotopic (exact) mass is 470 g/mol. The van der Waals surface area contributed by atoms with Crippen molar-refractivity contribution in [2.24, 2.45) is 0 Å². The Morgan fingerprint density at radius 1 is 1.22 bits per heavy atom. The Bertz CT molecular complexity index is 1110. The van der Waals surface area contributed by atoms with E-state index in [1.807, 2.05) is 18.2 Å². The van der Waals surface area contributed by atoms with Crippen LogP contribution in [0.3, 0.4) is 0 Å². The molecule has 0 aromatic heterocycles. The van der Waals surface area contributed by atoms with Gasteiger partial charge in [-0.15, -0.1) is 0 Å². The summed E-state index contributed by atoms with van der Waals surface area (Å²) in [7, 11) is 3.73. The van der Waals surface area contributed by atoms with Crippen molar-refractivity contribution >= 4 is 46.3 Å². The van der Waals surface area contributed by atoms with E-state index in [4.69, 9.17) is 16.3 Å². The number of rotatable bonds is 4. The lowest BCUT2D eigenvalue weighted by molar-refractivity contribution is -0.123. The highest BCUT2D eigenvalue weighted by Gasteiger charge is 2.37. The molecule has 168 valence electrons. The van der Waals surface area contributed by atoms with Gasteiger partial charge >= 0.3 is 0 Å². The Labute approximate surface area is 198 Å². The summed E-state index contributed by atoms with van der Waals surface area (Å²) in [6.45, 7) is 6.92. The minimum absolute atomic E-state index is 0.0449. The second-order valence-electron chi connectivity index (χ2n) is 9.02. The lowest BCUT2D eigenvalue weighted by Gasteiger charge is -2.45. The number of hydrogen-bond acceptors (Lipinski definition) is 5. The molecular weight excluding hydrogens is 444 g/mol. The molecule has 2 aliphatic rings. The Balaban J connectivity index is 1.66. The quantitative estimate of drug-likeness (QED) is 0.490. The molecule has 5 nitrogen and oxygen atoms in total. The SMILES string of the molecule is COc1cc2c(cc1/C=C1/SC(=O)N(Cc3ccc(Cl)cc3)C1=O)C(C)CC(C)(C)N2C. The van der Waals surface area contributed by atoms with E-state index in [1.165, 1.54) is 10.5 Å². The minimum Gasteiger partial charge on any atom is -0.496 e. The van der Waals surface area contributed by atoms with Gasteiger partial charge in [-0.25, -0.2) is 0 Å². The van der Waals surface area contributed by atoms with Crippen LogP contribution in [-0.2, 0) is 11.3 Å². The second-order valence-corrected chi connectivity index (χ2v) is 10.5. The number of methoxy groups -OCH3 is 1. The van der Waals surface area contributed by atoms with Crippen molar-refractivity contribution < 1.29 is 14.3 Å². The van der Waals surface area contributed by atoms with Gasteiger partial charge in [0.25, 0.3) is 11.1 Å². The van der Waals surface area contributed by atoms with E-state index < -0.39 is 0 Å². The molecule has 2 heterocycles. The summed E-state index contributed by atoms with van der Waals surface area (Å²) in [5.41, 5.74) is 4.06. The summed E-state index contributed by atoms with van der Waals surface area (Å²) in [5, 5.41) is 0.341. The van der Waals surface area contributed by atoms with Crippen molar-refractivity contribution in [2.75, 3.05) is 19.1 Å². The molecule has 0 radical (unpaired) electrons. The van der Waals surface area contributed by atoms with E-state index in [-0.39, 0.29) is 23.2 Å². The third kappa shape index (κ3) is 4.14.